The van der Waals surface area contributed by atoms with Gasteiger partial charge in [-0.1, -0.05) is 41.4 Å². The minimum absolute atomic E-state index is 0.749. The molecule has 94 valence electrons. The molecule has 1 nitrogen and oxygen atoms in total. The molecule has 0 radical (unpaired) electrons. The van der Waals surface area contributed by atoms with Crippen molar-refractivity contribution in [3.05, 3.63) is 58.6 Å². The Balaban J connectivity index is 1.78. The van der Waals surface area contributed by atoms with Crippen molar-refractivity contribution in [2.45, 2.75) is 4.90 Å². The van der Waals surface area contributed by atoms with Crippen LogP contribution in [-0.2, 0) is 0 Å². The molecule has 0 aliphatic heterocycles. The molecular formula is C14H13Cl2NS. The highest BCUT2D eigenvalue weighted by atomic mass is 35.5. The first-order chi connectivity index (χ1) is 8.75. The van der Waals surface area contributed by atoms with Gasteiger partial charge in [0.1, 0.15) is 0 Å². The standard InChI is InChI=1S/C14H13Cl2NS/c15-11-4-3-5-12(10-11)17-8-9-18-14-7-2-1-6-13(14)16/h1-7,10,17H,8-9H2. The number of halogens is 2. The smallest absolute Gasteiger partial charge is 0.0541 e. The molecule has 4 heteroatoms. The molecule has 0 atom stereocenters. The highest BCUT2D eigenvalue weighted by molar-refractivity contribution is 7.99. The van der Waals surface area contributed by atoms with E-state index in [1.54, 1.807) is 11.8 Å². The van der Waals surface area contributed by atoms with Gasteiger partial charge in [0.25, 0.3) is 0 Å². The Morgan fingerprint density at radius 2 is 1.83 bits per heavy atom. The Labute approximate surface area is 121 Å². The van der Waals surface area contributed by atoms with Gasteiger partial charge in [-0.05, 0) is 30.3 Å². The molecule has 0 aliphatic carbocycles. The first-order valence-electron chi connectivity index (χ1n) is 5.62. The monoisotopic (exact) mass is 297 g/mol. The van der Waals surface area contributed by atoms with Crippen molar-refractivity contribution < 1.29 is 0 Å². The second kappa shape index (κ2) is 6.93. The summed E-state index contributed by atoms with van der Waals surface area (Å²) in [7, 11) is 0. The minimum Gasteiger partial charge on any atom is -0.384 e. The van der Waals surface area contributed by atoms with Gasteiger partial charge in [0.15, 0.2) is 0 Å². The summed E-state index contributed by atoms with van der Waals surface area (Å²) in [5.74, 6) is 0.955. The van der Waals surface area contributed by atoms with Gasteiger partial charge < -0.3 is 5.32 Å². The van der Waals surface area contributed by atoms with Gasteiger partial charge >= 0.3 is 0 Å². The average Bonchev–Trinajstić information content (AvgIpc) is 2.37. The van der Waals surface area contributed by atoms with E-state index < -0.39 is 0 Å². The number of rotatable bonds is 5. The molecule has 18 heavy (non-hydrogen) atoms. The third kappa shape index (κ3) is 4.13. The lowest BCUT2D eigenvalue weighted by Gasteiger charge is -2.07. The fourth-order valence-electron chi connectivity index (χ4n) is 1.52. The quantitative estimate of drug-likeness (QED) is 0.601. The molecule has 0 saturated heterocycles. The largest absolute Gasteiger partial charge is 0.384 e. The summed E-state index contributed by atoms with van der Waals surface area (Å²) in [6.07, 6.45) is 0. The fourth-order valence-corrected chi connectivity index (χ4v) is 2.81. The number of hydrogen-bond acceptors (Lipinski definition) is 2. The number of nitrogens with one attached hydrogen (secondary N) is 1. The Hall–Kier alpha value is -0.830. The molecule has 0 aromatic heterocycles. The van der Waals surface area contributed by atoms with Gasteiger partial charge in [-0.25, -0.2) is 0 Å². The zero-order valence-corrected chi connectivity index (χ0v) is 12.0. The summed E-state index contributed by atoms with van der Waals surface area (Å²) in [5.41, 5.74) is 1.04. The maximum atomic E-state index is 6.08. The van der Waals surface area contributed by atoms with E-state index in [-0.39, 0.29) is 0 Å². The summed E-state index contributed by atoms with van der Waals surface area (Å²) < 4.78 is 0. The van der Waals surface area contributed by atoms with Crippen molar-refractivity contribution in [3.63, 3.8) is 0 Å². The molecule has 0 aliphatic rings. The van der Waals surface area contributed by atoms with E-state index in [0.717, 1.165) is 32.9 Å². The van der Waals surface area contributed by atoms with Crippen LogP contribution in [0.4, 0.5) is 5.69 Å². The van der Waals surface area contributed by atoms with Crippen LogP contribution < -0.4 is 5.32 Å². The highest BCUT2D eigenvalue weighted by Gasteiger charge is 1.99. The van der Waals surface area contributed by atoms with Crippen LogP contribution in [0.1, 0.15) is 0 Å². The Bertz CT molecular complexity index is 517. The van der Waals surface area contributed by atoms with Crippen LogP contribution in [0.25, 0.3) is 0 Å². The number of hydrogen-bond donors (Lipinski definition) is 1. The first kappa shape index (κ1) is 13.6. The zero-order chi connectivity index (χ0) is 12.8. The lowest BCUT2D eigenvalue weighted by molar-refractivity contribution is 1.22. The average molecular weight is 298 g/mol. The predicted octanol–water partition coefficient (Wildman–Crippen LogP) is 5.20. The molecule has 0 bridgehead atoms. The van der Waals surface area contributed by atoms with Crippen LogP contribution in [0.5, 0.6) is 0 Å². The van der Waals surface area contributed by atoms with Gasteiger partial charge in [-0.3, -0.25) is 0 Å². The van der Waals surface area contributed by atoms with E-state index in [1.807, 2.05) is 48.5 Å². The SMILES string of the molecule is Clc1cccc(NCCSc2ccccc2Cl)c1. The molecule has 2 aromatic rings. The fraction of sp³-hybridized carbons (Fsp3) is 0.143. The molecule has 2 rings (SSSR count). The van der Waals surface area contributed by atoms with Crippen LogP contribution in [0.15, 0.2) is 53.4 Å². The summed E-state index contributed by atoms with van der Waals surface area (Å²) >= 11 is 13.7. The summed E-state index contributed by atoms with van der Waals surface area (Å²) in [5, 5.41) is 4.89. The lowest BCUT2D eigenvalue weighted by Crippen LogP contribution is -2.03. The second-order valence-electron chi connectivity index (χ2n) is 3.72. The molecule has 0 spiro atoms. The van der Waals surface area contributed by atoms with Crippen LogP contribution in [0, 0.1) is 0 Å². The van der Waals surface area contributed by atoms with Gasteiger partial charge in [0.2, 0.25) is 0 Å². The van der Waals surface area contributed by atoms with Crippen molar-refractivity contribution in [1.82, 2.24) is 0 Å². The van der Waals surface area contributed by atoms with Crippen LogP contribution in [-0.4, -0.2) is 12.3 Å². The zero-order valence-electron chi connectivity index (χ0n) is 9.70. The third-order valence-electron chi connectivity index (χ3n) is 2.35. The normalized spacial score (nSPS) is 10.3. The molecule has 0 saturated carbocycles. The van der Waals surface area contributed by atoms with E-state index in [4.69, 9.17) is 23.2 Å². The lowest BCUT2D eigenvalue weighted by atomic mass is 10.3. The summed E-state index contributed by atoms with van der Waals surface area (Å²) in [6.45, 7) is 0.871. The van der Waals surface area contributed by atoms with Gasteiger partial charge in [-0.2, -0.15) is 0 Å². The van der Waals surface area contributed by atoms with Gasteiger partial charge in [0.05, 0.1) is 5.02 Å². The van der Waals surface area contributed by atoms with E-state index in [1.165, 1.54) is 0 Å². The molecule has 0 unspecified atom stereocenters. The van der Waals surface area contributed by atoms with Crippen LogP contribution >= 0.6 is 35.0 Å². The Kier molecular flexibility index (Phi) is 5.24. The van der Waals surface area contributed by atoms with Gasteiger partial charge in [0, 0.05) is 27.9 Å². The maximum absolute atomic E-state index is 6.08. The number of anilines is 1. The Morgan fingerprint density at radius 3 is 2.61 bits per heavy atom. The molecular weight excluding hydrogens is 285 g/mol. The summed E-state index contributed by atoms with van der Waals surface area (Å²) in [4.78, 5) is 1.12. The predicted molar refractivity (Wildman–Crippen MR) is 82.1 cm³/mol. The summed E-state index contributed by atoms with van der Waals surface area (Å²) in [6, 6.07) is 15.6. The molecule has 0 fully saturated rings. The van der Waals surface area contributed by atoms with E-state index in [2.05, 4.69) is 5.32 Å². The van der Waals surface area contributed by atoms with Crippen LogP contribution in [0.2, 0.25) is 10.0 Å². The Morgan fingerprint density at radius 1 is 1.00 bits per heavy atom. The topological polar surface area (TPSA) is 12.0 Å². The third-order valence-corrected chi connectivity index (χ3v) is 4.10. The van der Waals surface area contributed by atoms with Crippen molar-refractivity contribution in [2.75, 3.05) is 17.6 Å². The molecule has 0 heterocycles. The van der Waals surface area contributed by atoms with E-state index in [0.29, 0.717) is 0 Å². The molecule has 2 aromatic carbocycles. The van der Waals surface area contributed by atoms with Crippen molar-refractivity contribution in [2.24, 2.45) is 0 Å². The molecule has 0 amide bonds. The first-order valence-corrected chi connectivity index (χ1v) is 7.36. The maximum Gasteiger partial charge on any atom is 0.0541 e. The van der Waals surface area contributed by atoms with Gasteiger partial charge in [-0.15, -0.1) is 11.8 Å². The van der Waals surface area contributed by atoms with Crippen LogP contribution in [0.3, 0.4) is 0 Å². The van der Waals surface area contributed by atoms with Crippen molar-refractivity contribution >= 4 is 40.7 Å². The molecule has 1 N–H and O–H groups in total. The number of benzene rings is 2. The second-order valence-corrected chi connectivity index (χ2v) is 5.70. The minimum atomic E-state index is 0.749. The van der Waals surface area contributed by atoms with Crippen molar-refractivity contribution in [1.29, 1.82) is 0 Å². The number of thioether (sulfide) groups is 1. The van der Waals surface area contributed by atoms with E-state index in [9.17, 15) is 0 Å². The van der Waals surface area contributed by atoms with Crippen molar-refractivity contribution in [3.8, 4) is 0 Å². The van der Waals surface area contributed by atoms with E-state index >= 15 is 0 Å². The highest BCUT2D eigenvalue weighted by Crippen LogP contribution is 2.26.